The second kappa shape index (κ2) is 14.5. The molecule has 0 aliphatic heterocycles. The van der Waals surface area contributed by atoms with Crippen molar-refractivity contribution in [1.82, 2.24) is 4.57 Å². The zero-order valence-corrected chi connectivity index (χ0v) is 34.1. The van der Waals surface area contributed by atoms with Crippen LogP contribution in [0.1, 0.15) is 0 Å². The van der Waals surface area contributed by atoms with Crippen molar-refractivity contribution in [1.29, 1.82) is 0 Å². The molecule has 0 aliphatic rings. The fourth-order valence-corrected chi connectivity index (χ4v) is 10.6. The number of hydrogen-bond acceptors (Lipinski definition) is 2. The average Bonchev–Trinajstić information content (AvgIpc) is 3.89. The first-order chi connectivity index (χ1) is 30.3. The normalized spacial score (nSPS) is 11.6. The third kappa shape index (κ3) is 5.85. The summed E-state index contributed by atoms with van der Waals surface area (Å²) in [4.78, 5) is 2.52. The Hall–Kier alpha value is -7.72. The van der Waals surface area contributed by atoms with Crippen molar-refractivity contribution in [2.45, 2.75) is 0 Å². The van der Waals surface area contributed by atoms with E-state index in [-0.39, 0.29) is 0 Å². The van der Waals surface area contributed by atoms with E-state index in [0.29, 0.717) is 0 Å². The van der Waals surface area contributed by atoms with E-state index < -0.39 is 0 Å². The highest BCUT2D eigenvalue weighted by molar-refractivity contribution is 7.26. The zero-order valence-electron chi connectivity index (χ0n) is 33.2. The number of nitrogens with zero attached hydrogens (tertiary/aromatic N) is 2. The fraction of sp³-hybridized carbons (Fsp3) is 0. The summed E-state index contributed by atoms with van der Waals surface area (Å²) in [5.41, 5.74) is 14.1. The zero-order chi connectivity index (χ0) is 40.3. The van der Waals surface area contributed by atoms with Crippen molar-refractivity contribution in [2.75, 3.05) is 4.90 Å². The molecule has 2 heterocycles. The quantitative estimate of drug-likeness (QED) is 0.156. The third-order valence-electron chi connectivity index (χ3n) is 12.2. The van der Waals surface area contributed by atoms with Gasteiger partial charge in [0.15, 0.2) is 0 Å². The molecule has 0 saturated heterocycles. The molecule has 0 spiro atoms. The van der Waals surface area contributed by atoms with E-state index in [0.717, 1.165) is 22.7 Å². The van der Waals surface area contributed by atoms with Crippen molar-refractivity contribution in [3.8, 4) is 39.1 Å². The molecule has 0 atom stereocenters. The first-order valence-corrected chi connectivity index (χ1v) is 21.7. The standard InChI is InChI=1S/C58H38N2S/c1-4-18-39(19-5-1)41-36-42(40-20-6-2-7-21-40)38-44(37-41)60(54-31-17-33-56-58(54)50-27-13-15-32-55(50)61-56)52-35-34-46(45-24-10-11-25-47(45)52)48-28-16-30-53-57(48)49-26-12-14-29-51(49)59(53)43-22-8-3-9-23-43/h1-38H. The SMILES string of the molecule is c1ccc(-c2cc(-c3ccccc3)cc(N(c3ccc(-c4cccc5c4c4ccccc4n5-c4ccccc4)c4ccccc34)c3cccc4sc5ccccc5c34)c2)cc1. The average molecular weight is 795 g/mol. The summed E-state index contributed by atoms with van der Waals surface area (Å²) < 4.78 is 4.96. The molecule has 10 aromatic carbocycles. The Kier molecular flexibility index (Phi) is 8.39. The van der Waals surface area contributed by atoms with Crippen LogP contribution in [0, 0.1) is 0 Å². The summed E-state index contributed by atoms with van der Waals surface area (Å²) in [6.07, 6.45) is 0. The number of rotatable bonds is 7. The van der Waals surface area contributed by atoms with Crippen LogP contribution in [0.3, 0.4) is 0 Å². The van der Waals surface area contributed by atoms with Crippen molar-refractivity contribution in [3.63, 3.8) is 0 Å². The van der Waals surface area contributed by atoms with E-state index >= 15 is 0 Å². The number of fused-ring (bicyclic) bond motifs is 7. The van der Waals surface area contributed by atoms with Gasteiger partial charge in [-0.2, -0.15) is 0 Å². The smallest absolute Gasteiger partial charge is 0.0555 e. The Morgan fingerprint density at radius 3 is 1.64 bits per heavy atom. The minimum absolute atomic E-state index is 1.11. The van der Waals surface area contributed by atoms with Crippen LogP contribution in [0.2, 0.25) is 0 Å². The number of aromatic nitrogens is 1. The third-order valence-corrected chi connectivity index (χ3v) is 13.3. The van der Waals surface area contributed by atoms with Gasteiger partial charge in [-0.25, -0.2) is 0 Å². The van der Waals surface area contributed by atoms with Gasteiger partial charge in [0.05, 0.1) is 22.4 Å². The molecule has 0 fully saturated rings. The maximum atomic E-state index is 2.52. The largest absolute Gasteiger partial charge is 0.309 e. The second-order valence-corrected chi connectivity index (χ2v) is 16.7. The lowest BCUT2D eigenvalue weighted by Gasteiger charge is -2.29. The highest BCUT2D eigenvalue weighted by Crippen LogP contribution is 2.50. The van der Waals surface area contributed by atoms with Crippen LogP contribution < -0.4 is 4.90 Å². The van der Waals surface area contributed by atoms with E-state index in [9.17, 15) is 0 Å². The lowest BCUT2D eigenvalue weighted by Crippen LogP contribution is -2.11. The van der Waals surface area contributed by atoms with E-state index in [1.165, 1.54) is 86.1 Å². The second-order valence-electron chi connectivity index (χ2n) is 15.7. The van der Waals surface area contributed by atoms with Crippen LogP contribution in [0.4, 0.5) is 17.1 Å². The highest BCUT2D eigenvalue weighted by atomic mass is 32.1. The van der Waals surface area contributed by atoms with E-state index in [4.69, 9.17) is 0 Å². The summed E-state index contributed by atoms with van der Waals surface area (Å²) in [6, 6.07) is 84.3. The van der Waals surface area contributed by atoms with Gasteiger partial charge in [-0.05, 0) is 105 Å². The first-order valence-electron chi connectivity index (χ1n) is 20.8. The van der Waals surface area contributed by atoms with Gasteiger partial charge < -0.3 is 9.47 Å². The molecule has 61 heavy (non-hydrogen) atoms. The molecular weight excluding hydrogens is 757 g/mol. The number of thiophene rings is 1. The molecule has 286 valence electrons. The number of benzene rings is 10. The van der Waals surface area contributed by atoms with E-state index in [1.807, 2.05) is 11.3 Å². The minimum atomic E-state index is 1.11. The van der Waals surface area contributed by atoms with Gasteiger partial charge in [0.25, 0.3) is 0 Å². The molecule has 0 saturated carbocycles. The van der Waals surface area contributed by atoms with Crippen molar-refractivity contribution in [3.05, 3.63) is 231 Å². The molecule has 0 unspecified atom stereocenters. The summed E-state index contributed by atoms with van der Waals surface area (Å²) in [5, 5.41) is 7.43. The Labute approximate surface area is 358 Å². The minimum Gasteiger partial charge on any atom is -0.309 e. The molecule has 3 heteroatoms. The predicted octanol–water partition coefficient (Wildman–Crippen LogP) is 16.8. The lowest BCUT2D eigenvalue weighted by atomic mass is 9.93. The highest BCUT2D eigenvalue weighted by Gasteiger charge is 2.24. The maximum absolute atomic E-state index is 2.52. The van der Waals surface area contributed by atoms with Gasteiger partial charge in [-0.15, -0.1) is 11.3 Å². The summed E-state index contributed by atoms with van der Waals surface area (Å²) >= 11 is 1.86. The molecule has 12 aromatic rings. The van der Waals surface area contributed by atoms with Crippen LogP contribution >= 0.6 is 11.3 Å². The Balaban J connectivity index is 1.15. The number of hydrogen-bond donors (Lipinski definition) is 0. The molecule has 0 aliphatic carbocycles. The van der Waals surface area contributed by atoms with Crippen LogP contribution in [-0.2, 0) is 0 Å². The first kappa shape index (κ1) is 35.2. The molecule has 0 amide bonds. The lowest BCUT2D eigenvalue weighted by molar-refractivity contribution is 1.18. The van der Waals surface area contributed by atoms with E-state index in [1.54, 1.807) is 0 Å². The monoisotopic (exact) mass is 794 g/mol. The van der Waals surface area contributed by atoms with Crippen molar-refractivity contribution < 1.29 is 0 Å². The Morgan fingerprint density at radius 2 is 0.902 bits per heavy atom. The molecule has 2 nitrogen and oxygen atoms in total. The van der Waals surface area contributed by atoms with Crippen LogP contribution in [0.5, 0.6) is 0 Å². The Bertz CT molecular complexity index is 3530. The predicted molar refractivity (Wildman–Crippen MR) is 262 cm³/mol. The van der Waals surface area contributed by atoms with Crippen LogP contribution in [0.15, 0.2) is 231 Å². The molecular formula is C58H38N2S. The van der Waals surface area contributed by atoms with Crippen LogP contribution in [-0.4, -0.2) is 4.57 Å². The van der Waals surface area contributed by atoms with Crippen molar-refractivity contribution >= 4 is 81.1 Å². The van der Waals surface area contributed by atoms with Gasteiger partial charge in [0, 0.05) is 47.7 Å². The number of para-hydroxylation sites is 2. The van der Waals surface area contributed by atoms with Gasteiger partial charge in [-0.1, -0.05) is 164 Å². The summed E-state index contributed by atoms with van der Waals surface area (Å²) in [7, 11) is 0. The fourth-order valence-electron chi connectivity index (χ4n) is 9.50. The molecule has 12 rings (SSSR count). The number of anilines is 3. The summed E-state index contributed by atoms with van der Waals surface area (Å²) in [5.74, 6) is 0. The molecule has 0 N–H and O–H groups in total. The molecule has 0 bridgehead atoms. The molecule has 0 radical (unpaired) electrons. The molecule has 2 aromatic heterocycles. The Morgan fingerprint density at radius 1 is 0.328 bits per heavy atom. The van der Waals surface area contributed by atoms with Gasteiger partial charge in [-0.3, -0.25) is 0 Å². The van der Waals surface area contributed by atoms with E-state index in [2.05, 4.69) is 240 Å². The van der Waals surface area contributed by atoms with Gasteiger partial charge in [0.1, 0.15) is 0 Å². The maximum Gasteiger partial charge on any atom is 0.0555 e. The van der Waals surface area contributed by atoms with Crippen LogP contribution in [0.25, 0.3) is 91.8 Å². The summed E-state index contributed by atoms with van der Waals surface area (Å²) in [6.45, 7) is 0. The van der Waals surface area contributed by atoms with Gasteiger partial charge in [0.2, 0.25) is 0 Å². The topological polar surface area (TPSA) is 8.17 Å². The van der Waals surface area contributed by atoms with Gasteiger partial charge >= 0.3 is 0 Å². The van der Waals surface area contributed by atoms with Crippen molar-refractivity contribution in [2.24, 2.45) is 0 Å².